The van der Waals surface area contributed by atoms with Gasteiger partial charge in [-0.25, -0.2) is 4.39 Å². The molecule has 0 fully saturated rings. The van der Waals surface area contributed by atoms with E-state index in [1.54, 1.807) is 6.07 Å². The fourth-order valence-electron chi connectivity index (χ4n) is 1.64. The molecule has 0 unspecified atom stereocenters. The highest BCUT2D eigenvalue weighted by Gasteiger charge is 2.18. The molecule has 0 spiro atoms. The standard InChI is InChI=1S/C13H17BrFNO2/c1-8(2)5-12(13(17)18)16-7-9-3-4-10(15)6-11(9)14/h3-4,6,8,12,16H,5,7H2,1-2H3,(H,17,18)/t12-/m0/s1. The van der Waals surface area contributed by atoms with Gasteiger partial charge in [0.15, 0.2) is 0 Å². The van der Waals surface area contributed by atoms with Gasteiger partial charge in [-0.2, -0.15) is 0 Å². The van der Waals surface area contributed by atoms with E-state index in [2.05, 4.69) is 21.2 Å². The normalized spacial score (nSPS) is 12.7. The Hall–Kier alpha value is -0.940. The number of aliphatic carboxylic acids is 1. The second-order valence-electron chi connectivity index (χ2n) is 4.64. The number of halogens is 2. The molecule has 1 rings (SSSR count). The van der Waals surface area contributed by atoms with Crippen molar-refractivity contribution in [1.29, 1.82) is 0 Å². The quantitative estimate of drug-likeness (QED) is 0.847. The monoisotopic (exact) mass is 317 g/mol. The number of benzene rings is 1. The molecule has 0 saturated carbocycles. The highest BCUT2D eigenvalue weighted by Crippen LogP contribution is 2.18. The van der Waals surface area contributed by atoms with Gasteiger partial charge in [-0.05, 0) is 30.0 Å². The van der Waals surface area contributed by atoms with E-state index in [1.807, 2.05) is 13.8 Å². The average Bonchev–Trinajstić information content (AvgIpc) is 2.25. The molecule has 0 aromatic heterocycles. The second-order valence-corrected chi connectivity index (χ2v) is 5.49. The predicted molar refractivity (Wildman–Crippen MR) is 71.8 cm³/mol. The first-order chi connectivity index (χ1) is 8.40. The zero-order chi connectivity index (χ0) is 13.7. The molecule has 100 valence electrons. The van der Waals surface area contributed by atoms with Gasteiger partial charge in [-0.15, -0.1) is 0 Å². The van der Waals surface area contributed by atoms with Crippen LogP contribution < -0.4 is 5.32 Å². The fourth-order valence-corrected chi connectivity index (χ4v) is 2.13. The molecule has 2 N–H and O–H groups in total. The molecule has 3 nitrogen and oxygen atoms in total. The summed E-state index contributed by atoms with van der Waals surface area (Å²) in [5.41, 5.74) is 0.839. The van der Waals surface area contributed by atoms with E-state index in [0.29, 0.717) is 23.4 Å². The fraction of sp³-hybridized carbons (Fsp3) is 0.462. The molecule has 0 heterocycles. The summed E-state index contributed by atoms with van der Waals surface area (Å²) < 4.78 is 13.5. The van der Waals surface area contributed by atoms with Crippen molar-refractivity contribution >= 4 is 21.9 Å². The topological polar surface area (TPSA) is 49.3 Å². The van der Waals surface area contributed by atoms with Gasteiger partial charge in [-0.1, -0.05) is 35.8 Å². The maximum atomic E-state index is 12.9. The van der Waals surface area contributed by atoms with Gasteiger partial charge >= 0.3 is 5.97 Å². The molecule has 0 radical (unpaired) electrons. The minimum absolute atomic E-state index is 0.301. The molecule has 1 atom stereocenters. The number of carboxylic acid groups (broad SMARTS) is 1. The van der Waals surface area contributed by atoms with Crippen LogP contribution in [0.1, 0.15) is 25.8 Å². The van der Waals surface area contributed by atoms with E-state index >= 15 is 0 Å². The summed E-state index contributed by atoms with van der Waals surface area (Å²) in [7, 11) is 0. The lowest BCUT2D eigenvalue weighted by Gasteiger charge is -2.17. The van der Waals surface area contributed by atoms with Crippen molar-refractivity contribution in [2.45, 2.75) is 32.9 Å². The third-order valence-corrected chi connectivity index (χ3v) is 3.30. The molecule has 18 heavy (non-hydrogen) atoms. The van der Waals surface area contributed by atoms with Crippen molar-refractivity contribution < 1.29 is 14.3 Å². The van der Waals surface area contributed by atoms with Gasteiger partial charge in [0.2, 0.25) is 0 Å². The SMILES string of the molecule is CC(C)C[C@H](NCc1ccc(F)cc1Br)C(=O)O. The van der Waals surface area contributed by atoms with E-state index in [1.165, 1.54) is 12.1 Å². The number of carbonyl (C=O) groups is 1. The van der Waals surface area contributed by atoms with E-state index in [4.69, 9.17) is 5.11 Å². The Bertz CT molecular complexity index is 423. The molecule has 0 bridgehead atoms. The van der Waals surface area contributed by atoms with E-state index in [9.17, 15) is 9.18 Å². The summed E-state index contributed by atoms with van der Waals surface area (Å²) in [5.74, 6) is -0.875. The summed E-state index contributed by atoms with van der Waals surface area (Å²) in [5, 5.41) is 12.1. The minimum Gasteiger partial charge on any atom is -0.480 e. The smallest absolute Gasteiger partial charge is 0.320 e. The average molecular weight is 318 g/mol. The lowest BCUT2D eigenvalue weighted by atomic mass is 10.0. The number of nitrogens with one attached hydrogen (secondary N) is 1. The van der Waals surface area contributed by atoms with Crippen LogP contribution >= 0.6 is 15.9 Å². The first kappa shape index (κ1) is 15.1. The Morgan fingerprint density at radius 3 is 2.67 bits per heavy atom. The largest absolute Gasteiger partial charge is 0.480 e. The zero-order valence-corrected chi connectivity index (χ0v) is 12.0. The highest BCUT2D eigenvalue weighted by atomic mass is 79.9. The van der Waals surface area contributed by atoms with Crippen LogP contribution in [-0.2, 0) is 11.3 Å². The van der Waals surface area contributed by atoms with Crippen molar-refractivity contribution in [3.8, 4) is 0 Å². The van der Waals surface area contributed by atoms with Crippen molar-refractivity contribution in [1.82, 2.24) is 5.32 Å². The Morgan fingerprint density at radius 1 is 1.50 bits per heavy atom. The van der Waals surface area contributed by atoms with Crippen molar-refractivity contribution in [2.75, 3.05) is 0 Å². The molecule has 1 aromatic carbocycles. The van der Waals surface area contributed by atoms with Gasteiger partial charge < -0.3 is 10.4 Å². The first-order valence-corrected chi connectivity index (χ1v) is 6.59. The molecule has 0 aliphatic carbocycles. The zero-order valence-electron chi connectivity index (χ0n) is 10.4. The Labute approximate surface area is 115 Å². The van der Waals surface area contributed by atoms with Gasteiger partial charge in [0.25, 0.3) is 0 Å². The van der Waals surface area contributed by atoms with Crippen molar-refractivity contribution in [2.24, 2.45) is 5.92 Å². The number of rotatable bonds is 6. The second kappa shape index (κ2) is 6.85. The summed E-state index contributed by atoms with van der Waals surface area (Å²) in [4.78, 5) is 11.1. The number of hydrogen-bond donors (Lipinski definition) is 2. The summed E-state index contributed by atoms with van der Waals surface area (Å²) >= 11 is 3.26. The van der Waals surface area contributed by atoms with Crippen LogP contribution in [0.25, 0.3) is 0 Å². The Balaban J connectivity index is 2.64. The lowest BCUT2D eigenvalue weighted by Crippen LogP contribution is -2.37. The summed E-state index contributed by atoms with van der Waals surface area (Å²) in [6.07, 6.45) is 0.564. The van der Waals surface area contributed by atoms with Crippen LogP contribution in [0, 0.1) is 11.7 Å². The van der Waals surface area contributed by atoms with E-state index < -0.39 is 12.0 Å². The Kier molecular flexibility index (Phi) is 5.75. The number of carboxylic acids is 1. The van der Waals surface area contributed by atoms with Crippen molar-refractivity contribution in [3.63, 3.8) is 0 Å². The van der Waals surface area contributed by atoms with Gasteiger partial charge in [0.05, 0.1) is 0 Å². The third kappa shape index (κ3) is 4.74. The van der Waals surface area contributed by atoms with Gasteiger partial charge in [0, 0.05) is 11.0 Å². The molecule has 0 aliphatic rings. The molecule has 0 amide bonds. The maximum absolute atomic E-state index is 12.9. The predicted octanol–water partition coefficient (Wildman–Crippen LogP) is 3.18. The Morgan fingerprint density at radius 2 is 2.17 bits per heavy atom. The molecule has 0 aliphatic heterocycles. The van der Waals surface area contributed by atoms with E-state index in [-0.39, 0.29) is 5.82 Å². The molecular formula is C13H17BrFNO2. The highest BCUT2D eigenvalue weighted by molar-refractivity contribution is 9.10. The van der Waals surface area contributed by atoms with Crippen LogP contribution in [0.15, 0.2) is 22.7 Å². The summed E-state index contributed by atoms with van der Waals surface area (Å²) in [6.45, 7) is 4.35. The van der Waals surface area contributed by atoms with Gasteiger partial charge in [-0.3, -0.25) is 4.79 Å². The molecule has 1 aromatic rings. The first-order valence-electron chi connectivity index (χ1n) is 5.80. The van der Waals surface area contributed by atoms with Crippen LogP contribution in [-0.4, -0.2) is 17.1 Å². The van der Waals surface area contributed by atoms with Crippen molar-refractivity contribution in [3.05, 3.63) is 34.1 Å². The third-order valence-electron chi connectivity index (χ3n) is 2.56. The van der Waals surface area contributed by atoms with Crippen LogP contribution in [0.2, 0.25) is 0 Å². The number of hydrogen-bond acceptors (Lipinski definition) is 2. The summed E-state index contributed by atoms with van der Waals surface area (Å²) in [6, 6.07) is 3.79. The van der Waals surface area contributed by atoms with Crippen LogP contribution in [0.5, 0.6) is 0 Å². The van der Waals surface area contributed by atoms with Crippen LogP contribution in [0.4, 0.5) is 4.39 Å². The van der Waals surface area contributed by atoms with Gasteiger partial charge in [0.1, 0.15) is 11.9 Å². The maximum Gasteiger partial charge on any atom is 0.320 e. The minimum atomic E-state index is -0.859. The van der Waals surface area contributed by atoms with Crippen LogP contribution in [0.3, 0.4) is 0 Å². The molecular weight excluding hydrogens is 301 g/mol. The lowest BCUT2D eigenvalue weighted by molar-refractivity contribution is -0.140. The molecule has 5 heteroatoms. The molecule has 0 saturated heterocycles. The van der Waals surface area contributed by atoms with E-state index in [0.717, 1.165) is 5.56 Å².